The molecule has 2 aromatic carbocycles. The Labute approximate surface area is 314 Å². The number of aromatic nitrogens is 4. The van der Waals surface area contributed by atoms with Gasteiger partial charge < -0.3 is 34.4 Å². The number of ether oxygens (including phenoxy) is 3. The Balaban J connectivity index is 0.000000630. The topological polar surface area (TPSA) is 135 Å². The molecule has 2 saturated heterocycles. The molecule has 2 N–H and O–H groups in total. The maximum atomic E-state index is 9.59. The SMILES string of the molecule is CSc1c(Cl)nc(-c2ccc(Oc3ccc(-c4nc(Cl)c(SC)c(N5CCOCC5)n4)cc3)cc2)nc1N1CCOCC1.O=C(O)NCCCl. The third kappa shape index (κ3) is 9.96. The molecule has 0 bridgehead atoms. The lowest BCUT2D eigenvalue weighted by Crippen LogP contribution is -2.37. The summed E-state index contributed by atoms with van der Waals surface area (Å²) in [5.41, 5.74) is 1.70. The van der Waals surface area contributed by atoms with Gasteiger partial charge in [0.05, 0.1) is 36.2 Å². The van der Waals surface area contributed by atoms with Crippen LogP contribution in [0.25, 0.3) is 22.8 Å². The molecule has 6 rings (SSSR count). The van der Waals surface area contributed by atoms with Crippen molar-refractivity contribution in [1.82, 2.24) is 25.3 Å². The molecule has 50 heavy (non-hydrogen) atoms. The fourth-order valence-electron chi connectivity index (χ4n) is 5.05. The minimum absolute atomic E-state index is 0.316. The molecule has 0 aliphatic carbocycles. The number of alkyl halides is 1. The van der Waals surface area contributed by atoms with Crippen molar-refractivity contribution in [2.45, 2.75) is 9.79 Å². The second kappa shape index (κ2) is 18.8. The summed E-state index contributed by atoms with van der Waals surface area (Å²) >= 11 is 21.4. The molecule has 2 fully saturated rings. The van der Waals surface area contributed by atoms with E-state index < -0.39 is 6.09 Å². The van der Waals surface area contributed by atoms with Gasteiger partial charge in [0, 0.05) is 49.7 Å². The van der Waals surface area contributed by atoms with Crippen LogP contribution >= 0.6 is 58.3 Å². The lowest BCUT2D eigenvalue weighted by atomic mass is 10.2. The number of anilines is 2. The average Bonchev–Trinajstić information content (AvgIpc) is 3.15. The van der Waals surface area contributed by atoms with Crippen LogP contribution < -0.4 is 19.9 Å². The molecule has 0 saturated carbocycles. The number of carbonyl (C=O) groups is 1. The van der Waals surface area contributed by atoms with Crippen molar-refractivity contribution in [2.75, 3.05) is 87.3 Å². The third-order valence-corrected chi connectivity index (χ3v) is 10.0. The van der Waals surface area contributed by atoms with Crippen LogP contribution in [0.2, 0.25) is 10.3 Å². The fraction of sp³-hybridized carbons (Fsp3) is 0.364. The smallest absolute Gasteiger partial charge is 0.404 e. The summed E-state index contributed by atoms with van der Waals surface area (Å²) in [7, 11) is 0. The number of carboxylic acid groups (broad SMARTS) is 1. The van der Waals surface area contributed by atoms with Gasteiger partial charge in [-0.2, -0.15) is 0 Å². The van der Waals surface area contributed by atoms with Gasteiger partial charge in [-0.3, -0.25) is 0 Å². The second-order valence-electron chi connectivity index (χ2n) is 10.7. The quantitative estimate of drug-likeness (QED) is 0.0947. The molecule has 12 nitrogen and oxygen atoms in total. The van der Waals surface area contributed by atoms with E-state index in [2.05, 4.69) is 25.1 Å². The Morgan fingerprint density at radius 1 is 0.760 bits per heavy atom. The van der Waals surface area contributed by atoms with Crippen molar-refractivity contribution < 1.29 is 24.1 Å². The molecule has 17 heteroatoms. The van der Waals surface area contributed by atoms with Crippen LogP contribution in [0.4, 0.5) is 16.4 Å². The van der Waals surface area contributed by atoms with Crippen molar-refractivity contribution in [2.24, 2.45) is 0 Å². The van der Waals surface area contributed by atoms with Crippen molar-refractivity contribution >= 4 is 76.1 Å². The number of benzene rings is 2. The van der Waals surface area contributed by atoms with Gasteiger partial charge in [0.1, 0.15) is 33.4 Å². The first kappa shape index (κ1) is 38.0. The summed E-state index contributed by atoms with van der Waals surface area (Å²) in [6, 6.07) is 15.3. The highest BCUT2D eigenvalue weighted by molar-refractivity contribution is 7.99. The van der Waals surface area contributed by atoms with Crippen LogP contribution in [0, 0.1) is 0 Å². The lowest BCUT2D eigenvalue weighted by molar-refractivity contribution is 0.122. The molecular formula is C33H36Cl3N7O5S2. The van der Waals surface area contributed by atoms with Gasteiger partial charge in [0.2, 0.25) is 0 Å². The molecule has 4 aromatic rings. The van der Waals surface area contributed by atoms with Gasteiger partial charge >= 0.3 is 6.09 Å². The Morgan fingerprint density at radius 2 is 1.16 bits per heavy atom. The first-order valence-corrected chi connectivity index (χ1v) is 19.3. The van der Waals surface area contributed by atoms with E-state index in [1.807, 2.05) is 61.0 Å². The first-order valence-electron chi connectivity index (χ1n) is 15.6. The number of nitrogens with one attached hydrogen (secondary N) is 1. The highest BCUT2D eigenvalue weighted by Gasteiger charge is 2.22. The van der Waals surface area contributed by atoms with Crippen molar-refractivity contribution in [3.05, 3.63) is 58.8 Å². The monoisotopic (exact) mass is 779 g/mol. The molecule has 2 aliphatic rings. The molecule has 0 atom stereocenters. The molecule has 2 aliphatic heterocycles. The van der Waals surface area contributed by atoms with Crippen molar-refractivity contribution in [1.29, 1.82) is 0 Å². The molecule has 266 valence electrons. The summed E-state index contributed by atoms with van der Waals surface area (Å²) in [5, 5.41) is 10.9. The Morgan fingerprint density at radius 3 is 1.48 bits per heavy atom. The van der Waals surface area contributed by atoms with Gasteiger partial charge in [-0.15, -0.1) is 35.1 Å². The number of rotatable bonds is 10. The molecule has 1 amide bonds. The number of thioether (sulfide) groups is 2. The third-order valence-electron chi connectivity index (χ3n) is 7.47. The average molecular weight is 781 g/mol. The zero-order valence-electron chi connectivity index (χ0n) is 27.4. The van der Waals surface area contributed by atoms with Gasteiger partial charge in [0.25, 0.3) is 0 Å². The van der Waals surface area contributed by atoms with Crippen LogP contribution in [-0.4, -0.2) is 109 Å². The number of nitrogens with zero attached hydrogens (tertiary/aromatic N) is 6. The summed E-state index contributed by atoms with van der Waals surface area (Å²) < 4.78 is 17.2. The Bertz CT molecular complexity index is 1610. The van der Waals surface area contributed by atoms with Gasteiger partial charge in [-0.05, 0) is 61.0 Å². The van der Waals surface area contributed by atoms with E-state index in [9.17, 15) is 4.79 Å². The number of morpholine rings is 2. The maximum Gasteiger partial charge on any atom is 0.404 e. The summed E-state index contributed by atoms with van der Waals surface area (Å²) in [6.07, 6.45) is 2.94. The van der Waals surface area contributed by atoms with Crippen LogP contribution in [0.5, 0.6) is 11.5 Å². The minimum Gasteiger partial charge on any atom is -0.465 e. The van der Waals surface area contributed by atoms with Crippen molar-refractivity contribution in [3.8, 4) is 34.3 Å². The van der Waals surface area contributed by atoms with Crippen LogP contribution in [0.3, 0.4) is 0 Å². The predicted octanol–water partition coefficient (Wildman–Crippen LogP) is 7.31. The standard InChI is InChI=1S/C30H30Cl2N6O3S2.C3H6ClNO2/c1-42-23-25(31)33-27(35-29(23)37-11-15-39-16-12-37)19-3-7-21(8-4-19)41-22-9-5-20(6-10-22)28-34-26(32)24(43-2)30(36-28)38-13-17-40-18-14-38;4-1-2-5-3(6)7/h3-10H,11-18H2,1-2H3;5H,1-2H2,(H,6,7). The summed E-state index contributed by atoms with van der Waals surface area (Å²) in [6.45, 7) is 6.04. The molecule has 0 radical (unpaired) electrons. The van der Waals surface area contributed by atoms with Gasteiger partial charge in [0.15, 0.2) is 11.6 Å². The van der Waals surface area contributed by atoms with Gasteiger partial charge in [-0.25, -0.2) is 24.7 Å². The highest BCUT2D eigenvalue weighted by Crippen LogP contribution is 2.37. The summed E-state index contributed by atoms with van der Waals surface area (Å²) in [5.74, 6) is 4.54. The molecule has 0 spiro atoms. The molecular weight excluding hydrogens is 745 g/mol. The van der Waals surface area contributed by atoms with E-state index in [1.54, 1.807) is 23.5 Å². The number of amides is 1. The van der Waals surface area contributed by atoms with E-state index in [0.717, 1.165) is 58.7 Å². The maximum absolute atomic E-state index is 9.59. The Kier molecular flexibility index (Phi) is 14.3. The van der Waals surface area contributed by atoms with E-state index in [1.165, 1.54) is 0 Å². The van der Waals surface area contributed by atoms with E-state index in [4.69, 9.17) is 64.1 Å². The van der Waals surface area contributed by atoms with Crippen LogP contribution in [0.15, 0.2) is 58.3 Å². The van der Waals surface area contributed by atoms with Crippen LogP contribution in [0.1, 0.15) is 0 Å². The normalized spacial score (nSPS) is 14.5. The van der Waals surface area contributed by atoms with E-state index in [0.29, 0.717) is 72.3 Å². The lowest BCUT2D eigenvalue weighted by Gasteiger charge is -2.29. The number of hydrogen-bond donors (Lipinski definition) is 2. The minimum atomic E-state index is -1.03. The molecule has 2 aromatic heterocycles. The predicted molar refractivity (Wildman–Crippen MR) is 201 cm³/mol. The largest absolute Gasteiger partial charge is 0.465 e. The molecule has 0 unspecified atom stereocenters. The van der Waals surface area contributed by atoms with Gasteiger partial charge in [-0.1, -0.05) is 23.2 Å². The fourth-order valence-corrected chi connectivity index (χ4v) is 7.08. The zero-order valence-corrected chi connectivity index (χ0v) is 31.3. The highest BCUT2D eigenvalue weighted by atomic mass is 35.5. The first-order chi connectivity index (χ1) is 24.3. The second-order valence-corrected chi connectivity index (χ2v) is 13.4. The van der Waals surface area contributed by atoms with E-state index in [-0.39, 0.29) is 0 Å². The number of hydrogen-bond acceptors (Lipinski definition) is 12. The number of halogens is 3. The van der Waals surface area contributed by atoms with Crippen LogP contribution in [-0.2, 0) is 9.47 Å². The summed E-state index contributed by atoms with van der Waals surface area (Å²) in [4.78, 5) is 34.7. The molecule has 4 heterocycles. The zero-order chi connectivity index (χ0) is 35.5. The Hall–Kier alpha value is -3.24. The van der Waals surface area contributed by atoms with E-state index >= 15 is 0 Å². The van der Waals surface area contributed by atoms with Crippen molar-refractivity contribution in [3.63, 3.8) is 0 Å².